The van der Waals surface area contributed by atoms with Gasteiger partial charge < -0.3 is 4.74 Å². The average Bonchev–Trinajstić information content (AvgIpc) is 2.53. The van der Waals surface area contributed by atoms with Gasteiger partial charge in [-0.15, -0.1) is 0 Å². The van der Waals surface area contributed by atoms with Gasteiger partial charge in [-0.05, 0) is 25.0 Å². The summed E-state index contributed by atoms with van der Waals surface area (Å²) in [6.07, 6.45) is 5.00. The first-order valence-electron chi connectivity index (χ1n) is 6.96. The van der Waals surface area contributed by atoms with Crippen molar-refractivity contribution < 1.29 is 14.5 Å². The number of benzene rings is 1. The van der Waals surface area contributed by atoms with Crippen molar-refractivity contribution in [2.45, 2.75) is 32.1 Å². The van der Waals surface area contributed by atoms with Gasteiger partial charge in [-0.1, -0.05) is 19.3 Å². The number of nitro groups is 1. The third-order valence-electron chi connectivity index (χ3n) is 3.72. The van der Waals surface area contributed by atoms with E-state index in [0.717, 1.165) is 38.2 Å². The molecule has 0 unspecified atom stereocenters. The molecule has 110 valence electrons. The number of hydrogen-bond donors (Lipinski definition) is 0. The monoisotopic (exact) mass is 288 g/mol. The molecule has 0 spiro atoms. The molecule has 0 N–H and O–H groups in total. The molecule has 0 radical (unpaired) electrons. The van der Waals surface area contributed by atoms with E-state index in [0.29, 0.717) is 0 Å². The number of nitriles is 1. The number of carbonyl (C=O) groups excluding carboxylic acids is 1. The van der Waals surface area contributed by atoms with Gasteiger partial charge in [-0.25, -0.2) is 0 Å². The molecule has 21 heavy (non-hydrogen) atoms. The highest BCUT2D eigenvalue weighted by Gasteiger charge is 2.23. The zero-order valence-corrected chi connectivity index (χ0v) is 11.6. The number of ether oxygens (including phenoxy) is 1. The van der Waals surface area contributed by atoms with Crippen molar-refractivity contribution in [2.24, 2.45) is 5.92 Å². The van der Waals surface area contributed by atoms with Gasteiger partial charge in [0.2, 0.25) is 0 Å². The smallest absolute Gasteiger partial charge is 0.312 e. The van der Waals surface area contributed by atoms with Crippen molar-refractivity contribution in [2.75, 3.05) is 6.61 Å². The van der Waals surface area contributed by atoms with Gasteiger partial charge in [-0.2, -0.15) is 5.26 Å². The van der Waals surface area contributed by atoms with Crippen LogP contribution in [0, 0.1) is 27.4 Å². The highest BCUT2D eigenvalue weighted by molar-refractivity contribution is 5.82. The van der Waals surface area contributed by atoms with Crippen LogP contribution in [-0.2, 0) is 4.79 Å². The first-order valence-corrected chi connectivity index (χ1v) is 6.96. The number of ketones is 1. The van der Waals surface area contributed by atoms with Crippen LogP contribution in [0.15, 0.2) is 18.2 Å². The van der Waals surface area contributed by atoms with E-state index in [1.165, 1.54) is 12.1 Å². The molecule has 0 heterocycles. The molecule has 0 bridgehead atoms. The predicted octanol–water partition coefficient (Wildman–Crippen LogP) is 2.99. The standard InChI is InChI=1S/C15H16N2O4/c16-9-11-6-7-15(13(8-11)17(19)20)21-10-14(18)12-4-2-1-3-5-12/h6-8,12H,1-5,10H2. The van der Waals surface area contributed by atoms with E-state index in [1.54, 1.807) is 0 Å². The van der Waals surface area contributed by atoms with Crippen molar-refractivity contribution in [3.63, 3.8) is 0 Å². The van der Waals surface area contributed by atoms with Crippen LogP contribution in [0.3, 0.4) is 0 Å². The lowest BCUT2D eigenvalue weighted by Crippen LogP contribution is -2.23. The van der Waals surface area contributed by atoms with Crippen molar-refractivity contribution in [1.29, 1.82) is 5.26 Å². The summed E-state index contributed by atoms with van der Waals surface area (Å²) in [4.78, 5) is 22.4. The van der Waals surface area contributed by atoms with E-state index in [4.69, 9.17) is 10.00 Å². The summed E-state index contributed by atoms with van der Waals surface area (Å²) in [5.74, 6) is 0.0349. The minimum atomic E-state index is -0.610. The van der Waals surface area contributed by atoms with Gasteiger partial charge in [0.1, 0.15) is 6.61 Å². The fourth-order valence-electron chi connectivity index (χ4n) is 2.54. The molecule has 1 saturated carbocycles. The predicted molar refractivity (Wildman–Crippen MR) is 74.9 cm³/mol. The van der Waals surface area contributed by atoms with Gasteiger partial charge in [-0.3, -0.25) is 14.9 Å². The van der Waals surface area contributed by atoms with Crippen LogP contribution >= 0.6 is 0 Å². The second-order valence-corrected chi connectivity index (χ2v) is 5.14. The Balaban J connectivity index is 2.04. The number of Topliss-reactive ketones (excluding diaryl/α,β-unsaturated/α-hetero) is 1. The van der Waals surface area contributed by atoms with Gasteiger partial charge in [0, 0.05) is 12.0 Å². The maximum Gasteiger partial charge on any atom is 0.312 e. The van der Waals surface area contributed by atoms with Crippen LogP contribution in [0.5, 0.6) is 5.75 Å². The average molecular weight is 288 g/mol. The van der Waals surface area contributed by atoms with Crippen LogP contribution < -0.4 is 4.74 Å². The van der Waals surface area contributed by atoms with Gasteiger partial charge in [0.25, 0.3) is 0 Å². The van der Waals surface area contributed by atoms with Crippen molar-refractivity contribution in [3.05, 3.63) is 33.9 Å². The molecular formula is C15H16N2O4. The van der Waals surface area contributed by atoms with Crippen LogP contribution in [0.1, 0.15) is 37.7 Å². The number of nitro benzene ring substituents is 1. The van der Waals surface area contributed by atoms with Crippen LogP contribution in [-0.4, -0.2) is 17.3 Å². The molecule has 6 heteroatoms. The van der Waals surface area contributed by atoms with Gasteiger partial charge in [0.05, 0.1) is 16.6 Å². The Morgan fingerprint density at radius 3 is 2.71 bits per heavy atom. The number of carbonyl (C=O) groups is 1. The number of nitrogens with zero attached hydrogens (tertiary/aromatic N) is 2. The first-order chi connectivity index (χ1) is 10.1. The zero-order chi connectivity index (χ0) is 15.2. The normalized spacial score (nSPS) is 15.2. The molecule has 0 atom stereocenters. The summed E-state index contributed by atoms with van der Waals surface area (Å²) < 4.78 is 5.31. The lowest BCUT2D eigenvalue weighted by Gasteiger charge is -2.20. The summed E-state index contributed by atoms with van der Waals surface area (Å²) in [6.45, 7) is -0.155. The Labute approximate surface area is 122 Å². The first kappa shape index (κ1) is 15.0. The Bertz CT molecular complexity index is 586. The molecule has 0 aromatic heterocycles. The summed E-state index contributed by atoms with van der Waals surface area (Å²) in [5.41, 5.74) is -0.0989. The van der Waals surface area contributed by atoms with Crippen LogP contribution in [0.4, 0.5) is 5.69 Å². The maximum absolute atomic E-state index is 12.0. The molecule has 1 aliphatic carbocycles. The van der Waals surface area contributed by atoms with Crippen molar-refractivity contribution in [3.8, 4) is 11.8 Å². The van der Waals surface area contributed by atoms with E-state index in [9.17, 15) is 14.9 Å². The largest absolute Gasteiger partial charge is 0.479 e. The molecule has 1 fully saturated rings. The third-order valence-corrected chi connectivity index (χ3v) is 3.72. The molecule has 0 amide bonds. The minimum Gasteiger partial charge on any atom is -0.479 e. The Morgan fingerprint density at radius 2 is 2.10 bits per heavy atom. The molecule has 1 aromatic rings. The SMILES string of the molecule is N#Cc1ccc(OCC(=O)C2CCCCC2)c([N+](=O)[O-])c1. The minimum absolute atomic E-state index is 0.00615. The molecule has 1 aliphatic rings. The Kier molecular flexibility index (Phi) is 4.88. The Morgan fingerprint density at radius 1 is 1.38 bits per heavy atom. The zero-order valence-electron chi connectivity index (χ0n) is 11.6. The van der Waals surface area contributed by atoms with Crippen LogP contribution in [0.25, 0.3) is 0 Å². The van der Waals surface area contributed by atoms with E-state index in [2.05, 4.69) is 0 Å². The molecule has 0 saturated heterocycles. The Hall–Kier alpha value is -2.42. The third kappa shape index (κ3) is 3.78. The summed E-state index contributed by atoms with van der Waals surface area (Å²) in [5, 5.41) is 19.7. The topological polar surface area (TPSA) is 93.2 Å². The summed E-state index contributed by atoms with van der Waals surface area (Å²) in [6, 6.07) is 5.80. The van der Waals surface area contributed by atoms with Gasteiger partial charge >= 0.3 is 5.69 Å². The molecule has 6 nitrogen and oxygen atoms in total. The number of hydrogen-bond acceptors (Lipinski definition) is 5. The van der Waals surface area contributed by atoms with Crippen molar-refractivity contribution >= 4 is 11.5 Å². The van der Waals surface area contributed by atoms with Crippen molar-refractivity contribution in [1.82, 2.24) is 0 Å². The maximum atomic E-state index is 12.0. The fourth-order valence-corrected chi connectivity index (χ4v) is 2.54. The molecule has 1 aromatic carbocycles. The van der Waals surface area contributed by atoms with E-state index >= 15 is 0 Å². The fraction of sp³-hybridized carbons (Fsp3) is 0.467. The molecule has 2 rings (SSSR count). The number of rotatable bonds is 5. The highest BCUT2D eigenvalue weighted by atomic mass is 16.6. The second-order valence-electron chi connectivity index (χ2n) is 5.14. The lowest BCUT2D eigenvalue weighted by molar-refractivity contribution is -0.385. The highest BCUT2D eigenvalue weighted by Crippen LogP contribution is 2.29. The quantitative estimate of drug-likeness (QED) is 0.613. The van der Waals surface area contributed by atoms with Crippen LogP contribution in [0.2, 0.25) is 0 Å². The van der Waals surface area contributed by atoms with E-state index in [1.807, 2.05) is 6.07 Å². The lowest BCUT2D eigenvalue weighted by atomic mass is 9.86. The molecule has 0 aliphatic heterocycles. The van der Waals surface area contributed by atoms with E-state index in [-0.39, 0.29) is 35.3 Å². The summed E-state index contributed by atoms with van der Waals surface area (Å²) >= 11 is 0. The van der Waals surface area contributed by atoms with E-state index < -0.39 is 4.92 Å². The second kappa shape index (κ2) is 6.84. The summed E-state index contributed by atoms with van der Waals surface area (Å²) in [7, 11) is 0. The van der Waals surface area contributed by atoms with Gasteiger partial charge in [0.15, 0.2) is 11.5 Å². The molecular weight excluding hydrogens is 272 g/mol.